The summed E-state index contributed by atoms with van der Waals surface area (Å²) in [7, 11) is 0. The first kappa shape index (κ1) is 10.8. The molecule has 0 spiro atoms. The summed E-state index contributed by atoms with van der Waals surface area (Å²) in [6, 6.07) is 5.56. The van der Waals surface area contributed by atoms with Crippen molar-refractivity contribution >= 4 is 11.6 Å². The van der Waals surface area contributed by atoms with Crippen LogP contribution in [0.5, 0.6) is 5.75 Å². The second-order valence-corrected chi connectivity index (χ2v) is 4.82. The summed E-state index contributed by atoms with van der Waals surface area (Å²) in [5.41, 5.74) is 0.321. The largest absolute Gasteiger partial charge is 0.487 e. The van der Waals surface area contributed by atoms with Gasteiger partial charge in [-0.25, -0.2) is 0 Å². The number of rotatable bonds is 2. The summed E-state index contributed by atoms with van der Waals surface area (Å²) in [5, 5.41) is 10.5. The van der Waals surface area contributed by atoms with E-state index in [2.05, 4.69) is 0 Å². The number of aryl methyl sites for hydroxylation is 1. The molecule has 3 heteroatoms. The van der Waals surface area contributed by atoms with Gasteiger partial charge in [-0.05, 0) is 50.5 Å². The Morgan fingerprint density at radius 1 is 1.53 bits per heavy atom. The van der Waals surface area contributed by atoms with Gasteiger partial charge < -0.3 is 9.84 Å². The van der Waals surface area contributed by atoms with E-state index in [0.717, 1.165) is 29.2 Å². The Morgan fingerprint density at radius 2 is 2.27 bits per heavy atom. The highest BCUT2D eigenvalue weighted by Gasteiger charge is 2.42. The maximum atomic E-state index is 9.81. The average Bonchev–Trinajstić information content (AvgIpc) is 2.18. The van der Waals surface area contributed by atoms with Gasteiger partial charge in [0.2, 0.25) is 0 Å². The quantitative estimate of drug-likeness (QED) is 0.840. The van der Waals surface area contributed by atoms with Crippen molar-refractivity contribution in [2.75, 3.05) is 0 Å². The van der Waals surface area contributed by atoms with Crippen molar-refractivity contribution in [3.8, 4) is 5.75 Å². The standard InChI is InChI=1S/C12H15ClO2/c1-8-7-9(3-4-10(8)13)15-11-5-6-12(11,2)14/h3-4,7,11,14H,5-6H2,1-2H3/t11-,12-/m0/s1. The molecule has 0 aromatic heterocycles. The lowest BCUT2D eigenvalue weighted by atomic mass is 9.78. The molecule has 82 valence electrons. The molecule has 2 nitrogen and oxygen atoms in total. The van der Waals surface area contributed by atoms with E-state index in [4.69, 9.17) is 16.3 Å². The van der Waals surface area contributed by atoms with E-state index in [1.807, 2.05) is 32.0 Å². The molecule has 0 unspecified atom stereocenters. The van der Waals surface area contributed by atoms with Gasteiger partial charge in [0.25, 0.3) is 0 Å². The first-order valence-electron chi connectivity index (χ1n) is 5.14. The molecule has 2 atom stereocenters. The van der Waals surface area contributed by atoms with Crippen molar-refractivity contribution < 1.29 is 9.84 Å². The van der Waals surface area contributed by atoms with Crippen LogP contribution in [-0.4, -0.2) is 16.8 Å². The zero-order valence-electron chi connectivity index (χ0n) is 8.96. The zero-order chi connectivity index (χ0) is 11.1. The van der Waals surface area contributed by atoms with Gasteiger partial charge in [-0.3, -0.25) is 0 Å². The van der Waals surface area contributed by atoms with E-state index in [1.54, 1.807) is 0 Å². The Kier molecular flexibility index (Phi) is 2.65. The normalized spacial score (nSPS) is 29.7. The third-order valence-corrected chi connectivity index (χ3v) is 3.44. The summed E-state index contributed by atoms with van der Waals surface area (Å²) in [5.74, 6) is 0.780. The minimum Gasteiger partial charge on any atom is -0.487 e. The van der Waals surface area contributed by atoms with E-state index in [9.17, 15) is 5.11 Å². The molecule has 1 aliphatic carbocycles. The van der Waals surface area contributed by atoms with E-state index in [-0.39, 0.29) is 6.10 Å². The van der Waals surface area contributed by atoms with Crippen molar-refractivity contribution in [1.82, 2.24) is 0 Å². The Labute approximate surface area is 94.8 Å². The van der Waals surface area contributed by atoms with Gasteiger partial charge in [-0.1, -0.05) is 11.6 Å². The van der Waals surface area contributed by atoms with Crippen molar-refractivity contribution in [1.29, 1.82) is 0 Å². The molecule has 0 heterocycles. The molecule has 15 heavy (non-hydrogen) atoms. The molecule has 0 aliphatic heterocycles. The van der Waals surface area contributed by atoms with Crippen LogP contribution in [0.1, 0.15) is 25.3 Å². The number of hydrogen-bond acceptors (Lipinski definition) is 2. The molecular formula is C12H15ClO2. The van der Waals surface area contributed by atoms with Crippen molar-refractivity contribution in [3.05, 3.63) is 28.8 Å². The fourth-order valence-electron chi connectivity index (χ4n) is 1.72. The predicted molar refractivity (Wildman–Crippen MR) is 60.5 cm³/mol. The second-order valence-electron chi connectivity index (χ2n) is 4.41. The summed E-state index contributed by atoms with van der Waals surface area (Å²) >= 11 is 5.92. The SMILES string of the molecule is Cc1cc(O[C@H]2CC[C@]2(C)O)ccc1Cl. The number of aliphatic hydroxyl groups is 1. The smallest absolute Gasteiger partial charge is 0.127 e. The Bertz CT molecular complexity index is 374. The molecule has 1 N–H and O–H groups in total. The van der Waals surface area contributed by atoms with Crippen LogP contribution in [0.3, 0.4) is 0 Å². The zero-order valence-corrected chi connectivity index (χ0v) is 9.71. The average molecular weight is 227 g/mol. The maximum absolute atomic E-state index is 9.81. The molecule has 0 bridgehead atoms. The third kappa shape index (κ3) is 2.11. The predicted octanol–water partition coefficient (Wildman–Crippen LogP) is 2.94. The highest BCUT2D eigenvalue weighted by atomic mass is 35.5. The van der Waals surface area contributed by atoms with Gasteiger partial charge in [-0.15, -0.1) is 0 Å². The van der Waals surface area contributed by atoms with Crippen LogP contribution in [0.25, 0.3) is 0 Å². The van der Waals surface area contributed by atoms with E-state index >= 15 is 0 Å². The van der Waals surface area contributed by atoms with Gasteiger partial charge in [0.15, 0.2) is 0 Å². The molecule has 1 fully saturated rings. The highest BCUT2D eigenvalue weighted by molar-refractivity contribution is 6.31. The topological polar surface area (TPSA) is 29.5 Å². The monoisotopic (exact) mass is 226 g/mol. The van der Waals surface area contributed by atoms with E-state index < -0.39 is 5.60 Å². The molecule has 1 aliphatic rings. The highest BCUT2D eigenvalue weighted by Crippen LogP contribution is 2.35. The Morgan fingerprint density at radius 3 is 2.73 bits per heavy atom. The van der Waals surface area contributed by atoms with Crippen LogP contribution in [0.15, 0.2) is 18.2 Å². The van der Waals surface area contributed by atoms with Crippen LogP contribution in [0.2, 0.25) is 5.02 Å². The number of hydrogen-bond donors (Lipinski definition) is 1. The second kappa shape index (κ2) is 3.69. The first-order chi connectivity index (χ1) is 6.99. The summed E-state index contributed by atoms with van der Waals surface area (Å²) < 4.78 is 5.69. The molecule has 1 saturated carbocycles. The van der Waals surface area contributed by atoms with Gasteiger partial charge in [0.1, 0.15) is 11.9 Å². The third-order valence-electron chi connectivity index (χ3n) is 3.01. The van der Waals surface area contributed by atoms with Gasteiger partial charge in [0, 0.05) is 5.02 Å². The van der Waals surface area contributed by atoms with Crippen LogP contribution in [-0.2, 0) is 0 Å². The summed E-state index contributed by atoms with van der Waals surface area (Å²) in [6.07, 6.45) is 1.64. The van der Waals surface area contributed by atoms with Gasteiger partial charge >= 0.3 is 0 Å². The van der Waals surface area contributed by atoms with Crippen LogP contribution in [0, 0.1) is 6.92 Å². The fourth-order valence-corrected chi connectivity index (χ4v) is 1.84. The lowest BCUT2D eigenvalue weighted by Crippen LogP contribution is -2.52. The summed E-state index contributed by atoms with van der Waals surface area (Å²) in [4.78, 5) is 0. The van der Waals surface area contributed by atoms with Gasteiger partial charge in [-0.2, -0.15) is 0 Å². The van der Waals surface area contributed by atoms with E-state index in [1.165, 1.54) is 0 Å². The molecule has 1 aromatic carbocycles. The van der Waals surface area contributed by atoms with Crippen molar-refractivity contribution in [3.63, 3.8) is 0 Å². The van der Waals surface area contributed by atoms with Crippen LogP contribution >= 0.6 is 11.6 Å². The lowest BCUT2D eigenvalue weighted by Gasteiger charge is -2.42. The molecule has 0 radical (unpaired) electrons. The minimum atomic E-state index is -0.673. The van der Waals surface area contributed by atoms with E-state index in [0.29, 0.717) is 0 Å². The fraction of sp³-hybridized carbons (Fsp3) is 0.500. The maximum Gasteiger partial charge on any atom is 0.127 e. The molecule has 0 amide bonds. The number of ether oxygens (including phenoxy) is 1. The first-order valence-corrected chi connectivity index (χ1v) is 5.52. The Hall–Kier alpha value is -0.730. The molecule has 2 rings (SSSR count). The molecular weight excluding hydrogens is 212 g/mol. The lowest BCUT2D eigenvalue weighted by molar-refractivity contribution is -0.118. The van der Waals surface area contributed by atoms with Crippen molar-refractivity contribution in [2.45, 2.75) is 38.4 Å². The van der Waals surface area contributed by atoms with Crippen molar-refractivity contribution in [2.24, 2.45) is 0 Å². The van der Waals surface area contributed by atoms with Crippen LogP contribution < -0.4 is 4.74 Å². The molecule has 0 saturated heterocycles. The van der Waals surface area contributed by atoms with Crippen LogP contribution in [0.4, 0.5) is 0 Å². The Balaban J connectivity index is 2.08. The number of benzene rings is 1. The minimum absolute atomic E-state index is 0.0851. The number of halogens is 1. The van der Waals surface area contributed by atoms with Gasteiger partial charge in [0.05, 0.1) is 5.60 Å². The summed E-state index contributed by atoms with van der Waals surface area (Å²) in [6.45, 7) is 3.75. The molecule has 1 aromatic rings.